The first kappa shape index (κ1) is 24.1. The number of halogens is 3. The van der Waals surface area contributed by atoms with Gasteiger partial charge in [-0.05, 0) is 68.9 Å². The SMILES string of the molecule is C[C@H](CC(=N)c1ccc(N2CCc3cc(-c4ccc(C(F)(F)F)cc4)sc3C2=O)cn1)N(C)C. The van der Waals surface area contributed by atoms with Crippen LogP contribution in [0.15, 0.2) is 48.7 Å². The maximum Gasteiger partial charge on any atom is 0.416 e. The Balaban J connectivity index is 1.51. The fourth-order valence-electron chi connectivity index (χ4n) is 3.77. The molecule has 1 atom stereocenters. The highest BCUT2D eigenvalue weighted by molar-refractivity contribution is 7.17. The Morgan fingerprint density at radius 2 is 1.91 bits per heavy atom. The predicted molar refractivity (Wildman–Crippen MR) is 129 cm³/mol. The fourth-order valence-corrected chi connectivity index (χ4v) is 4.94. The molecule has 1 aliphatic heterocycles. The van der Waals surface area contributed by atoms with Crippen LogP contribution < -0.4 is 4.90 Å². The van der Waals surface area contributed by atoms with Crippen molar-refractivity contribution in [2.24, 2.45) is 0 Å². The van der Waals surface area contributed by atoms with E-state index in [9.17, 15) is 18.0 Å². The van der Waals surface area contributed by atoms with Crippen LogP contribution in [-0.2, 0) is 12.6 Å². The topological polar surface area (TPSA) is 60.3 Å². The number of carbonyl (C=O) groups is 1. The summed E-state index contributed by atoms with van der Waals surface area (Å²) in [5.74, 6) is -0.143. The number of benzene rings is 1. The molecular weight excluding hydrogens is 461 g/mol. The number of nitrogens with one attached hydrogen (secondary N) is 1. The van der Waals surface area contributed by atoms with Crippen LogP contribution in [0.25, 0.3) is 10.4 Å². The Morgan fingerprint density at radius 3 is 2.50 bits per heavy atom. The van der Waals surface area contributed by atoms with Gasteiger partial charge in [0.15, 0.2) is 0 Å². The van der Waals surface area contributed by atoms with Crippen molar-refractivity contribution in [3.05, 3.63) is 70.4 Å². The molecule has 1 aromatic carbocycles. The first-order valence-electron chi connectivity index (χ1n) is 10.9. The van der Waals surface area contributed by atoms with Crippen LogP contribution in [0.2, 0.25) is 0 Å². The van der Waals surface area contributed by atoms with Gasteiger partial charge in [-0.25, -0.2) is 0 Å². The summed E-state index contributed by atoms with van der Waals surface area (Å²) in [4.78, 5) is 22.7. The van der Waals surface area contributed by atoms with Gasteiger partial charge in [-0.2, -0.15) is 13.2 Å². The molecular formula is C25H25F3N4OS. The molecule has 0 unspecified atom stereocenters. The minimum absolute atomic E-state index is 0.143. The van der Waals surface area contributed by atoms with Crippen LogP contribution in [0, 0.1) is 5.41 Å². The third-order valence-electron chi connectivity index (χ3n) is 6.10. The summed E-state index contributed by atoms with van der Waals surface area (Å²) < 4.78 is 38.6. The van der Waals surface area contributed by atoms with E-state index in [4.69, 9.17) is 5.41 Å². The van der Waals surface area contributed by atoms with Crippen LogP contribution in [0.4, 0.5) is 18.9 Å². The normalized spacial score (nSPS) is 14.9. The van der Waals surface area contributed by atoms with Gasteiger partial charge in [0.25, 0.3) is 5.91 Å². The number of thiophene rings is 1. The molecule has 178 valence electrons. The largest absolute Gasteiger partial charge is 0.416 e. The molecule has 3 heterocycles. The Hall–Kier alpha value is -3.04. The molecule has 0 bridgehead atoms. The second-order valence-corrected chi connectivity index (χ2v) is 9.70. The molecule has 9 heteroatoms. The van der Waals surface area contributed by atoms with Crippen molar-refractivity contribution in [1.82, 2.24) is 9.88 Å². The molecule has 0 radical (unpaired) electrons. The van der Waals surface area contributed by atoms with Crippen molar-refractivity contribution in [1.29, 1.82) is 5.41 Å². The van der Waals surface area contributed by atoms with Gasteiger partial charge >= 0.3 is 6.18 Å². The Bertz CT molecular complexity index is 1200. The predicted octanol–water partition coefficient (Wildman–Crippen LogP) is 5.74. The zero-order chi connectivity index (χ0) is 24.6. The number of hydrogen-bond acceptors (Lipinski definition) is 5. The van der Waals surface area contributed by atoms with E-state index in [2.05, 4.69) is 4.98 Å². The molecule has 1 amide bonds. The summed E-state index contributed by atoms with van der Waals surface area (Å²) in [7, 11) is 3.94. The van der Waals surface area contributed by atoms with Crippen molar-refractivity contribution in [2.45, 2.75) is 32.0 Å². The molecule has 5 nitrogen and oxygen atoms in total. The van der Waals surface area contributed by atoms with E-state index < -0.39 is 11.7 Å². The average molecular weight is 487 g/mol. The number of rotatable bonds is 6. The third-order valence-corrected chi connectivity index (χ3v) is 7.31. The van der Waals surface area contributed by atoms with E-state index in [1.54, 1.807) is 17.2 Å². The molecule has 34 heavy (non-hydrogen) atoms. The van der Waals surface area contributed by atoms with Gasteiger partial charge in [0.2, 0.25) is 0 Å². The standard InChI is InChI=1S/C25H25F3N4OS/c1-15(31(2)3)12-20(29)21-9-8-19(14-30-21)32-11-10-17-13-22(34-23(17)24(32)33)16-4-6-18(7-5-16)25(26,27)28/h4-9,13-15,29H,10-12H2,1-3H3/t15-/m1/s1. The lowest BCUT2D eigenvalue weighted by atomic mass is 10.0. The number of alkyl halides is 3. The zero-order valence-electron chi connectivity index (χ0n) is 19.1. The number of aromatic nitrogens is 1. The lowest BCUT2D eigenvalue weighted by Crippen LogP contribution is -2.36. The molecule has 3 aromatic rings. The maximum atomic E-state index is 13.2. The first-order valence-corrected chi connectivity index (χ1v) is 11.7. The summed E-state index contributed by atoms with van der Waals surface area (Å²) in [6.45, 7) is 2.54. The van der Waals surface area contributed by atoms with Gasteiger partial charge in [-0.3, -0.25) is 9.78 Å². The lowest BCUT2D eigenvalue weighted by Gasteiger charge is -2.26. The van der Waals surface area contributed by atoms with Gasteiger partial charge < -0.3 is 15.2 Å². The van der Waals surface area contributed by atoms with E-state index >= 15 is 0 Å². The number of fused-ring (bicyclic) bond motifs is 1. The van der Waals surface area contributed by atoms with E-state index in [-0.39, 0.29) is 11.9 Å². The van der Waals surface area contributed by atoms with Crippen LogP contribution in [0.5, 0.6) is 0 Å². The van der Waals surface area contributed by atoms with Gasteiger partial charge in [-0.1, -0.05) is 12.1 Å². The molecule has 0 saturated heterocycles. The summed E-state index contributed by atoms with van der Waals surface area (Å²) in [5, 5.41) is 8.31. The summed E-state index contributed by atoms with van der Waals surface area (Å²) in [6, 6.07) is 10.7. The van der Waals surface area contributed by atoms with E-state index in [0.29, 0.717) is 46.9 Å². The van der Waals surface area contributed by atoms with Crippen LogP contribution >= 0.6 is 11.3 Å². The van der Waals surface area contributed by atoms with Gasteiger partial charge in [-0.15, -0.1) is 11.3 Å². The quantitative estimate of drug-likeness (QED) is 0.452. The second-order valence-electron chi connectivity index (χ2n) is 8.64. The highest BCUT2D eigenvalue weighted by Gasteiger charge is 2.31. The number of pyridine rings is 1. The minimum atomic E-state index is -4.38. The van der Waals surface area contributed by atoms with Crippen molar-refractivity contribution in [3.8, 4) is 10.4 Å². The van der Waals surface area contributed by atoms with E-state index in [0.717, 1.165) is 22.6 Å². The van der Waals surface area contributed by atoms with Crippen molar-refractivity contribution >= 4 is 28.6 Å². The smallest absolute Gasteiger partial charge is 0.306 e. The van der Waals surface area contributed by atoms with E-state index in [1.165, 1.54) is 23.5 Å². The Labute approximate surface area is 200 Å². The monoisotopic (exact) mass is 486 g/mol. The average Bonchev–Trinajstić information content (AvgIpc) is 3.24. The number of carbonyl (C=O) groups excluding carboxylic acids is 1. The Kier molecular flexibility index (Phi) is 6.60. The molecule has 0 fully saturated rings. The van der Waals surface area contributed by atoms with Gasteiger partial charge in [0.05, 0.1) is 33.7 Å². The number of nitrogens with zero attached hydrogens (tertiary/aromatic N) is 3. The molecule has 1 aliphatic rings. The third kappa shape index (κ3) is 4.90. The number of anilines is 1. The Morgan fingerprint density at radius 1 is 1.21 bits per heavy atom. The maximum absolute atomic E-state index is 13.2. The molecule has 2 aromatic heterocycles. The van der Waals surface area contributed by atoms with Gasteiger partial charge in [0, 0.05) is 23.9 Å². The molecule has 0 aliphatic carbocycles. The number of hydrogen-bond donors (Lipinski definition) is 1. The zero-order valence-corrected chi connectivity index (χ0v) is 19.9. The first-order chi connectivity index (χ1) is 16.0. The summed E-state index contributed by atoms with van der Waals surface area (Å²) in [6.07, 6.45) is -1.53. The molecule has 4 rings (SSSR count). The molecule has 0 spiro atoms. The van der Waals surface area contributed by atoms with Crippen LogP contribution in [0.3, 0.4) is 0 Å². The van der Waals surface area contributed by atoms with Crippen molar-refractivity contribution in [3.63, 3.8) is 0 Å². The van der Waals surface area contributed by atoms with E-state index in [1.807, 2.05) is 38.1 Å². The van der Waals surface area contributed by atoms with Crippen molar-refractivity contribution < 1.29 is 18.0 Å². The fraction of sp³-hybridized carbons (Fsp3) is 0.320. The minimum Gasteiger partial charge on any atom is -0.306 e. The van der Waals surface area contributed by atoms with Crippen molar-refractivity contribution in [2.75, 3.05) is 25.5 Å². The van der Waals surface area contributed by atoms with Gasteiger partial charge in [0.1, 0.15) is 0 Å². The second kappa shape index (κ2) is 9.31. The number of amides is 1. The summed E-state index contributed by atoms with van der Waals surface area (Å²) >= 11 is 1.29. The van der Waals surface area contributed by atoms with Crippen LogP contribution in [-0.4, -0.2) is 48.2 Å². The van der Waals surface area contributed by atoms with Crippen LogP contribution in [0.1, 0.15) is 39.8 Å². The summed E-state index contributed by atoms with van der Waals surface area (Å²) in [5.41, 5.74) is 2.56. The lowest BCUT2D eigenvalue weighted by molar-refractivity contribution is -0.137. The highest BCUT2D eigenvalue weighted by Crippen LogP contribution is 2.37. The highest BCUT2D eigenvalue weighted by atomic mass is 32.1. The molecule has 0 saturated carbocycles. The molecule has 1 N–H and O–H groups in total.